The minimum atomic E-state index is -4.23. The molecular weight excluding hydrogens is 241 g/mol. The third kappa shape index (κ3) is 3.85. The summed E-state index contributed by atoms with van der Waals surface area (Å²) in [7, 11) is 0. The number of hydrogen-bond donors (Lipinski definition) is 1. The average molecular weight is 266 g/mol. The molecule has 0 aliphatic heterocycles. The van der Waals surface area contributed by atoms with Gasteiger partial charge in [-0.3, -0.25) is 4.90 Å². The lowest BCUT2D eigenvalue weighted by Gasteiger charge is -2.42. The molecule has 2 nitrogen and oxygen atoms in total. The van der Waals surface area contributed by atoms with E-state index in [9.17, 15) is 13.2 Å². The second kappa shape index (κ2) is 6.75. The van der Waals surface area contributed by atoms with Crippen molar-refractivity contribution in [3.63, 3.8) is 0 Å². The molecule has 0 spiro atoms. The first-order chi connectivity index (χ1) is 8.41. The van der Waals surface area contributed by atoms with Crippen molar-refractivity contribution in [2.24, 2.45) is 5.73 Å². The van der Waals surface area contributed by atoms with Crippen molar-refractivity contribution >= 4 is 0 Å². The molecule has 5 heteroatoms. The molecule has 2 unspecified atom stereocenters. The zero-order valence-electron chi connectivity index (χ0n) is 11.3. The van der Waals surface area contributed by atoms with Crippen molar-refractivity contribution in [3.8, 4) is 0 Å². The quantitative estimate of drug-likeness (QED) is 0.827. The van der Waals surface area contributed by atoms with Crippen molar-refractivity contribution in [1.29, 1.82) is 0 Å². The maximum Gasteiger partial charge on any atom is 0.405 e. The smallest absolute Gasteiger partial charge is 0.326 e. The molecule has 0 bridgehead atoms. The third-order valence-corrected chi connectivity index (χ3v) is 3.98. The molecule has 0 heterocycles. The van der Waals surface area contributed by atoms with Gasteiger partial charge in [-0.2, -0.15) is 13.2 Å². The highest BCUT2D eigenvalue weighted by atomic mass is 19.4. The number of rotatable bonds is 5. The second-order valence-corrected chi connectivity index (χ2v) is 5.18. The molecule has 1 fully saturated rings. The first kappa shape index (κ1) is 15.8. The number of nitrogens with two attached hydrogens (primary N) is 1. The van der Waals surface area contributed by atoms with E-state index in [0.29, 0.717) is 13.0 Å². The molecule has 0 saturated heterocycles. The van der Waals surface area contributed by atoms with Crippen LogP contribution in [-0.2, 0) is 0 Å². The topological polar surface area (TPSA) is 29.3 Å². The molecule has 0 aromatic rings. The SMILES string of the molecule is CCC(N)C(N(CC)C1CCCCC1)C(F)(F)F. The van der Waals surface area contributed by atoms with Gasteiger partial charge in [0.15, 0.2) is 0 Å². The van der Waals surface area contributed by atoms with Crippen molar-refractivity contribution in [3.05, 3.63) is 0 Å². The summed E-state index contributed by atoms with van der Waals surface area (Å²) in [5.41, 5.74) is 5.72. The zero-order valence-corrected chi connectivity index (χ0v) is 11.3. The van der Waals surface area contributed by atoms with Crippen molar-refractivity contribution in [1.82, 2.24) is 4.90 Å². The van der Waals surface area contributed by atoms with Crippen LogP contribution in [0.4, 0.5) is 13.2 Å². The van der Waals surface area contributed by atoms with E-state index in [4.69, 9.17) is 5.73 Å². The molecule has 2 atom stereocenters. The van der Waals surface area contributed by atoms with Crippen LogP contribution in [0.2, 0.25) is 0 Å². The van der Waals surface area contributed by atoms with Crippen LogP contribution in [0.3, 0.4) is 0 Å². The monoisotopic (exact) mass is 266 g/mol. The van der Waals surface area contributed by atoms with Gasteiger partial charge in [-0.15, -0.1) is 0 Å². The van der Waals surface area contributed by atoms with Gasteiger partial charge in [0.1, 0.15) is 6.04 Å². The Morgan fingerprint density at radius 2 is 1.72 bits per heavy atom. The number of halogens is 3. The van der Waals surface area contributed by atoms with Crippen LogP contribution >= 0.6 is 0 Å². The van der Waals surface area contributed by atoms with Crippen LogP contribution in [0.5, 0.6) is 0 Å². The van der Waals surface area contributed by atoms with Crippen LogP contribution in [0, 0.1) is 0 Å². The molecule has 0 aromatic carbocycles. The summed E-state index contributed by atoms with van der Waals surface area (Å²) in [6, 6.07) is -2.27. The fourth-order valence-corrected chi connectivity index (χ4v) is 2.99. The van der Waals surface area contributed by atoms with Crippen LogP contribution in [0.1, 0.15) is 52.4 Å². The Morgan fingerprint density at radius 3 is 2.11 bits per heavy atom. The van der Waals surface area contributed by atoms with E-state index >= 15 is 0 Å². The highest BCUT2D eigenvalue weighted by Gasteiger charge is 2.47. The van der Waals surface area contributed by atoms with Gasteiger partial charge in [-0.1, -0.05) is 33.1 Å². The van der Waals surface area contributed by atoms with Crippen LogP contribution in [-0.4, -0.2) is 35.7 Å². The van der Waals surface area contributed by atoms with Gasteiger partial charge < -0.3 is 5.73 Å². The Labute approximate surface area is 108 Å². The number of nitrogens with zero attached hydrogens (tertiary/aromatic N) is 1. The van der Waals surface area contributed by atoms with Crippen molar-refractivity contribution in [2.75, 3.05) is 6.54 Å². The van der Waals surface area contributed by atoms with E-state index in [2.05, 4.69) is 0 Å². The molecule has 1 aliphatic rings. The average Bonchev–Trinajstić information content (AvgIpc) is 2.34. The van der Waals surface area contributed by atoms with Gasteiger partial charge in [0.25, 0.3) is 0 Å². The molecule has 1 saturated carbocycles. The zero-order chi connectivity index (χ0) is 13.8. The summed E-state index contributed by atoms with van der Waals surface area (Å²) in [6.07, 6.45) is 1.08. The Morgan fingerprint density at radius 1 is 1.17 bits per heavy atom. The Balaban J connectivity index is 2.85. The molecule has 1 aliphatic carbocycles. The maximum atomic E-state index is 13.2. The van der Waals surface area contributed by atoms with E-state index < -0.39 is 18.3 Å². The van der Waals surface area contributed by atoms with Crippen molar-refractivity contribution in [2.45, 2.75) is 76.7 Å². The third-order valence-electron chi connectivity index (χ3n) is 3.98. The molecule has 0 aromatic heterocycles. The summed E-state index contributed by atoms with van der Waals surface area (Å²) >= 11 is 0. The fourth-order valence-electron chi connectivity index (χ4n) is 2.99. The fraction of sp³-hybridized carbons (Fsp3) is 1.00. The van der Waals surface area contributed by atoms with Gasteiger partial charge in [-0.05, 0) is 25.8 Å². The van der Waals surface area contributed by atoms with E-state index in [-0.39, 0.29) is 6.04 Å². The minimum Gasteiger partial charge on any atom is -0.326 e. The lowest BCUT2D eigenvalue weighted by atomic mass is 9.91. The van der Waals surface area contributed by atoms with E-state index in [1.165, 1.54) is 0 Å². The summed E-state index contributed by atoms with van der Waals surface area (Å²) in [5, 5.41) is 0. The van der Waals surface area contributed by atoms with Crippen LogP contribution < -0.4 is 5.73 Å². The standard InChI is InChI=1S/C13H25F3N2/c1-3-11(17)12(13(14,15)16)18(4-2)10-8-6-5-7-9-10/h10-12H,3-9,17H2,1-2H3. The Kier molecular flexibility index (Phi) is 5.92. The summed E-state index contributed by atoms with van der Waals surface area (Å²) in [4.78, 5) is 1.59. The van der Waals surface area contributed by atoms with Crippen molar-refractivity contribution < 1.29 is 13.2 Å². The van der Waals surface area contributed by atoms with E-state index in [1.807, 2.05) is 0 Å². The number of alkyl halides is 3. The van der Waals surface area contributed by atoms with Crippen LogP contribution in [0.15, 0.2) is 0 Å². The first-order valence-electron chi connectivity index (χ1n) is 6.99. The lowest BCUT2D eigenvalue weighted by Crippen LogP contribution is -2.59. The van der Waals surface area contributed by atoms with E-state index in [1.54, 1.807) is 18.7 Å². The summed E-state index contributed by atoms with van der Waals surface area (Å²) < 4.78 is 39.7. The molecular formula is C13H25F3N2. The molecule has 1 rings (SSSR count). The largest absolute Gasteiger partial charge is 0.405 e. The predicted octanol–water partition coefficient (Wildman–Crippen LogP) is 3.31. The number of hydrogen-bond acceptors (Lipinski definition) is 2. The van der Waals surface area contributed by atoms with Gasteiger partial charge in [-0.25, -0.2) is 0 Å². The maximum absolute atomic E-state index is 13.2. The van der Waals surface area contributed by atoms with Gasteiger partial charge in [0, 0.05) is 12.1 Å². The molecule has 0 amide bonds. The summed E-state index contributed by atoms with van der Waals surface area (Å²) in [6.45, 7) is 3.94. The minimum absolute atomic E-state index is 0.0491. The Hall–Kier alpha value is -0.290. The van der Waals surface area contributed by atoms with E-state index in [0.717, 1.165) is 32.1 Å². The molecule has 2 N–H and O–H groups in total. The van der Waals surface area contributed by atoms with Gasteiger partial charge in [0.2, 0.25) is 0 Å². The second-order valence-electron chi connectivity index (χ2n) is 5.18. The number of likely N-dealkylation sites (N-methyl/N-ethyl adjacent to an activating group) is 1. The van der Waals surface area contributed by atoms with Crippen LogP contribution in [0.25, 0.3) is 0 Å². The first-order valence-corrected chi connectivity index (χ1v) is 6.99. The van der Waals surface area contributed by atoms with Gasteiger partial charge in [0.05, 0.1) is 0 Å². The molecule has 0 radical (unpaired) electrons. The highest BCUT2D eigenvalue weighted by molar-refractivity contribution is 4.91. The molecule has 18 heavy (non-hydrogen) atoms. The lowest BCUT2D eigenvalue weighted by molar-refractivity contribution is -0.196. The summed E-state index contributed by atoms with van der Waals surface area (Å²) in [5.74, 6) is 0. The predicted molar refractivity (Wildman–Crippen MR) is 67.4 cm³/mol. The molecule has 108 valence electrons. The van der Waals surface area contributed by atoms with Gasteiger partial charge >= 0.3 is 6.18 Å². The Bertz CT molecular complexity index is 237. The normalized spacial score (nSPS) is 22.2. The highest BCUT2D eigenvalue weighted by Crippen LogP contribution is 2.32.